The highest BCUT2D eigenvalue weighted by Gasteiger charge is 2.47. The van der Waals surface area contributed by atoms with Gasteiger partial charge in [-0.3, -0.25) is 9.88 Å². The van der Waals surface area contributed by atoms with Crippen LogP contribution in [0.2, 0.25) is 5.02 Å². The molecule has 234 valence electrons. The van der Waals surface area contributed by atoms with Crippen molar-refractivity contribution in [1.29, 1.82) is 0 Å². The Morgan fingerprint density at radius 3 is 2.67 bits per heavy atom. The van der Waals surface area contributed by atoms with E-state index in [0.29, 0.717) is 47.4 Å². The summed E-state index contributed by atoms with van der Waals surface area (Å²) in [5.74, 6) is 0.587. The van der Waals surface area contributed by atoms with E-state index in [2.05, 4.69) is 25.4 Å². The third-order valence-corrected chi connectivity index (χ3v) is 9.89. The number of carboxylic acid groups (broad SMARTS) is 1. The highest BCUT2D eigenvalue weighted by Crippen LogP contribution is 2.51. The zero-order valence-corrected chi connectivity index (χ0v) is 25.9. The lowest BCUT2D eigenvalue weighted by Gasteiger charge is -2.54. The number of aromatic nitrogens is 3. The minimum absolute atomic E-state index is 0.0981. The molecule has 3 aliphatic heterocycles. The fourth-order valence-corrected chi connectivity index (χ4v) is 7.19. The van der Waals surface area contributed by atoms with E-state index in [1.165, 1.54) is 7.11 Å². The molecule has 1 unspecified atom stereocenters. The average molecular weight is 632 g/mol. The van der Waals surface area contributed by atoms with Gasteiger partial charge in [-0.25, -0.2) is 9.78 Å². The number of ether oxygens (including phenoxy) is 4. The van der Waals surface area contributed by atoms with Crippen molar-refractivity contribution in [3.05, 3.63) is 70.8 Å². The van der Waals surface area contributed by atoms with Crippen LogP contribution in [-0.2, 0) is 23.6 Å². The van der Waals surface area contributed by atoms with Crippen molar-refractivity contribution >= 4 is 34.3 Å². The lowest BCUT2D eigenvalue weighted by atomic mass is 9.81. The number of carboxylic acids is 1. The smallest absolute Gasteiger partial charge is 0.339 e. The molecule has 5 heterocycles. The summed E-state index contributed by atoms with van der Waals surface area (Å²) >= 11 is 6.08. The molecule has 0 bridgehead atoms. The molecule has 0 radical (unpaired) electrons. The van der Waals surface area contributed by atoms with E-state index in [-0.39, 0.29) is 11.7 Å². The van der Waals surface area contributed by atoms with Crippen LogP contribution < -0.4 is 19.1 Å². The quantitative estimate of drug-likeness (QED) is 0.283. The Balaban J connectivity index is 1.06. The fraction of sp³-hybridized carbons (Fsp3) is 0.424. The van der Waals surface area contributed by atoms with Crippen LogP contribution in [0.15, 0.2) is 48.7 Å². The molecule has 4 aromatic rings. The Kier molecular flexibility index (Phi) is 6.81. The molecule has 12 heteroatoms. The van der Waals surface area contributed by atoms with Crippen molar-refractivity contribution in [1.82, 2.24) is 19.4 Å². The van der Waals surface area contributed by atoms with Crippen LogP contribution in [0.3, 0.4) is 0 Å². The zero-order chi connectivity index (χ0) is 30.9. The number of carbonyl (C=O) groups is 1. The third-order valence-electron chi connectivity index (χ3n) is 9.66. The second-order valence-electron chi connectivity index (χ2n) is 12.3. The highest BCUT2D eigenvalue weighted by molar-refractivity contribution is 6.30. The van der Waals surface area contributed by atoms with Gasteiger partial charge >= 0.3 is 5.97 Å². The predicted octanol–water partition coefficient (Wildman–Crippen LogP) is 5.08. The van der Waals surface area contributed by atoms with E-state index in [1.54, 1.807) is 24.4 Å². The number of nitrogens with zero attached hydrogens (tertiary/aromatic N) is 5. The number of methoxy groups -OCH3 is 1. The van der Waals surface area contributed by atoms with Gasteiger partial charge in [0.1, 0.15) is 22.8 Å². The molecule has 4 aliphatic rings. The summed E-state index contributed by atoms with van der Waals surface area (Å²) in [5, 5.41) is 10.4. The van der Waals surface area contributed by atoms with Gasteiger partial charge in [-0.15, -0.1) is 0 Å². The number of pyridine rings is 1. The molecule has 1 aliphatic carbocycles. The van der Waals surface area contributed by atoms with Gasteiger partial charge in [0.25, 0.3) is 5.79 Å². The first kappa shape index (κ1) is 28.4. The van der Waals surface area contributed by atoms with E-state index in [0.717, 1.165) is 67.3 Å². The normalized spacial score (nSPS) is 25.5. The summed E-state index contributed by atoms with van der Waals surface area (Å²) < 4.78 is 26.2. The Morgan fingerprint density at radius 2 is 1.98 bits per heavy atom. The number of piperazine rings is 1. The van der Waals surface area contributed by atoms with Crippen LogP contribution in [0.25, 0.3) is 11.0 Å². The molecule has 2 saturated heterocycles. The van der Waals surface area contributed by atoms with Gasteiger partial charge in [-0.1, -0.05) is 17.7 Å². The predicted molar refractivity (Wildman–Crippen MR) is 166 cm³/mol. The van der Waals surface area contributed by atoms with Crippen LogP contribution in [0, 0.1) is 0 Å². The van der Waals surface area contributed by atoms with Crippen LogP contribution in [0.1, 0.15) is 48.1 Å². The maximum atomic E-state index is 12.0. The number of fused-ring (bicyclic) bond motifs is 3. The summed E-state index contributed by atoms with van der Waals surface area (Å²) in [6.07, 6.45) is 4.84. The average Bonchev–Trinajstić information content (AvgIpc) is 3.51. The van der Waals surface area contributed by atoms with Crippen molar-refractivity contribution in [2.45, 2.75) is 63.3 Å². The van der Waals surface area contributed by atoms with Crippen molar-refractivity contribution in [3.63, 3.8) is 0 Å². The number of hydrogen-bond donors (Lipinski definition) is 1. The fourth-order valence-electron chi connectivity index (χ4n) is 7.08. The molecular formula is C33H34ClN5O6. The van der Waals surface area contributed by atoms with Gasteiger partial charge in [-0.05, 0) is 49.6 Å². The lowest BCUT2D eigenvalue weighted by Crippen LogP contribution is -2.64. The van der Waals surface area contributed by atoms with Crippen molar-refractivity contribution in [3.8, 4) is 17.2 Å². The number of halogens is 1. The molecule has 3 fully saturated rings. The van der Waals surface area contributed by atoms with Crippen LogP contribution in [0.4, 0.5) is 5.69 Å². The van der Waals surface area contributed by atoms with Crippen LogP contribution in [0.5, 0.6) is 17.2 Å². The van der Waals surface area contributed by atoms with E-state index in [4.69, 9.17) is 35.5 Å². The molecule has 0 amide bonds. The van der Waals surface area contributed by atoms with E-state index in [9.17, 15) is 9.90 Å². The number of imidazole rings is 1. The SMILES string of the molecule is COc1cc2nc(CN3CCN(c4cccc5c4OC(C)(c4ccc(Cl)cn4)O5)[C@H]4CC[C@@H]43)n(C[C@@H]3CCO3)c2cc1C(=O)O. The van der Waals surface area contributed by atoms with Crippen molar-refractivity contribution in [2.24, 2.45) is 0 Å². The number of hydrogen-bond acceptors (Lipinski definition) is 9. The molecule has 2 aromatic heterocycles. The molecular weight excluding hydrogens is 598 g/mol. The van der Waals surface area contributed by atoms with Crippen molar-refractivity contribution < 1.29 is 28.8 Å². The number of rotatable bonds is 8. The third kappa shape index (κ3) is 4.76. The molecule has 8 rings (SSSR count). The minimum Gasteiger partial charge on any atom is -0.496 e. The zero-order valence-electron chi connectivity index (χ0n) is 25.1. The van der Waals surface area contributed by atoms with Gasteiger partial charge in [0.2, 0.25) is 0 Å². The van der Waals surface area contributed by atoms with Crippen molar-refractivity contribution in [2.75, 3.05) is 31.7 Å². The minimum atomic E-state index is -1.05. The number of benzene rings is 2. The summed E-state index contributed by atoms with van der Waals surface area (Å²) in [4.78, 5) is 26.5. The monoisotopic (exact) mass is 631 g/mol. The Bertz CT molecular complexity index is 1790. The first-order valence-corrected chi connectivity index (χ1v) is 15.7. The molecule has 2 aromatic carbocycles. The van der Waals surface area contributed by atoms with Gasteiger partial charge in [0.15, 0.2) is 11.5 Å². The Labute approximate surface area is 265 Å². The maximum Gasteiger partial charge on any atom is 0.339 e. The molecule has 4 atom stereocenters. The topological polar surface area (TPSA) is 111 Å². The second-order valence-corrected chi connectivity index (χ2v) is 12.7. The van der Waals surface area contributed by atoms with Gasteiger partial charge < -0.3 is 33.5 Å². The molecule has 45 heavy (non-hydrogen) atoms. The summed E-state index contributed by atoms with van der Waals surface area (Å²) in [6, 6.07) is 13.8. The van der Waals surface area contributed by atoms with Gasteiger partial charge in [0, 0.05) is 51.0 Å². The molecule has 1 N–H and O–H groups in total. The number of anilines is 1. The number of para-hydroxylation sites is 1. The Hall–Kier alpha value is -4.06. The first-order valence-electron chi connectivity index (χ1n) is 15.4. The standard InChI is InChI=1S/C33H34ClN5O6/c1-33(29-9-6-19(34)16-35-29)44-27-5-3-4-25(31(27)45-33)38-12-11-37(23-7-8-24(23)38)18-30-36-22-15-28(42-2)21(32(40)41)14-26(22)39(30)17-20-10-13-43-20/h3-6,9,14-16,20,23-24H,7-8,10-13,17-18H2,1-2H3,(H,40,41)/t20-,23-,24-,33?/m0/s1. The molecule has 11 nitrogen and oxygen atoms in total. The second kappa shape index (κ2) is 10.8. The van der Waals surface area contributed by atoms with E-state index in [1.807, 2.05) is 25.1 Å². The number of aromatic carboxylic acids is 1. The highest BCUT2D eigenvalue weighted by atomic mass is 35.5. The summed E-state index contributed by atoms with van der Waals surface area (Å²) in [7, 11) is 1.48. The van der Waals surface area contributed by atoms with E-state index < -0.39 is 11.8 Å². The van der Waals surface area contributed by atoms with E-state index >= 15 is 0 Å². The van der Waals surface area contributed by atoms with Gasteiger partial charge in [-0.2, -0.15) is 0 Å². The van der Waals surface area contributed by atoms with Gasteiger partial charge in [0.05, 0.1) is 48.0 Å². The van der Waals surface area contributed by atoms with Crippen LogP contribution in [-0.4, -0.2) is 75.5 Å². The largest absolute Gasteiger partial charge is 0.496 e. The first-order chi connectivity index (χ1) is 21.8. The maximum absolute atomic E-state index is 12.0. The molecule has 1 saturated carbocycles. The summed E-state index contributed by atoms with van der Waals surface area (Å²) in [5.41, 5.74) is 3.33. The van der Waals surface area contributed by atoms with Crippen LogP contribution >= 0.6 is 11.6 Å². The molecule has 0 spiro atoms. The Morgan fingerprint density at radius 1 is 1.13 bits per heavy atom. The lowest BCUT2D eigenvalue weighted by molar-refractivity contribution is -0.0717. The summed E-state index contributed by atoms with van der Waals surface area (Å²) in [6.45, 7) is 5.59.